The largest absolute Gasteiger partial charge is 0.396 e. The van der Waals surface area contributed by atoms with Gasteiger partial charge in [-0.25, -0.2) is 0 Å². The number of rotatable bonds is 6. The van der Waals surface area contributed by atoms with Gasteiger partial charge in [-0.2, -0.15) is 0 Å². The minimum absolute atomic E-state index is 0.0717. The van der Waals surface area contributed by atoms with Gasteiger partial charge >= 0.3 is 0 Å². The summed E-state index contributed by atoms with van der Waals surface area (Å²) in [5.41, 5.74) is 1.73. The maximum absolute atomic E-state index is 12.0. The second-order valence-electron chi connectivity index (χ2n) is 5.78. The molecule has 0 aliphatic heterocycles. The summed E-state index contributed by atoms with van der Waals surface area (Å²) in [6.07, 6.45) is 0. The van der Waals surface area contributed by atoms with Crippen LogP contribution in [0.5, 0.6) is 0 Å². The summed E-state index contributed by atoms with van der Waals surface area (Å²) in [5.74, 6) is -0.0717. The van der Waals surface area contributed by atoms with Crippen molar-refractivity contribution in [3.05, 3.63) is 29.8 Å². The highest BCUT2D eigenvalue weighted by Crippen LogP contribution is 2.12. The van der Waals surface area contributed by atoms with Crippen LogP contribution in [0.1, 0.15) is 26.3 Å². The molecule has 1 atom stereocenters. The third kappa shape index (κ3) is 5.41. The molecule has 0 fully saturated rings. The smallest absolute Gasteiger partial charge is 0.241 e. The number of anilines is 1. The number of aliphatic hydroxyl groups excluding tert-OH is 1. The molecule has 0 bridgehead atoms. The van der Waals surface area contributed by atoms with Gasteiger partial charge in [0.05, 0.1) is 6.04 Å². The fraction of sp³-hybridized carbons (Fsp3) is 0.533. The van der Waals surface area contributed by atoms with Crippen LogP contribution in [-0.4, -0.2) is 30.2 Å². The minimum Gasteiger partial charge on any atom is -0.396 e. The summed E-state index contributed by atoms with van der Waals surface area (Å²) in [4.78, 5) is 12.0. The van der Waals surface area contributed by atoms with Crippen LogP contribution in [0.25, 0.3) is 0 Å². The maximum Gasteiger partial charge on any atom is 0.241 e. The Kier molecular flexibility index (Phi) is 5.51. The lowest BCUT2D eigenvalue weighted by Crippen LogP contribution is -2.43. The average Bonchev–Trinajstić information content (AvgIpc) is 2.38. The lowest BCUT2D eigenvalue weighted by atomic mass is 9.94. The monoisotopic (exact) mass is 264 g/mol. The Morgan fingerprint density at radius 3 is 2.42 bits per heavy atom. The molecule has 0 saturated heterocycles. The molecule has 0 spiro atoms. The number of carbonyl (C=O) groups excluding carboxylic acids is 1. The quantitative estimate of drug-likeness (QED) is 0.735. The summed E-state index contributed by atoms with van der Waals surface area (Å²) >= 11 is 0. The highest BCUT2D eigenvalue weighted by atomic mass is 16.3. The number of hydrogen-bond donors (Lipinski definition) is 3. The van der Waals surface area contributed by atoms with Crippen molar-refractivity contribution in [2.24, 2.45) is 5.41 Å². The zero-order valence-electron chi connectivity index (χ0n) is 12.2. The van der Waals surface area contributed by atoms with Gasteiger partial charge in [-0.15, -0.1) is 0 Å². The van der Waals surface area contributed by atoms with Crippen LogP contribution in [0.3, 0.4) is 0 Å². The second-order valence-corrected chi connectivity index (χ2v) is 5.78. The predicted octanol–water partition coefficient (Wildman–Crippen LogP) is 1.93. The Morgan fingerprint density at radius 1 is 1.32 bits per heavy atom. The van der Waals surface area contributed by atoms with Crippen molar-refractivity contribution in [3.8, 4) is 0 Å². The highest BCUT2D eigenvalue weighted by molar-refractivity contribution is 5.94. The highest BCUT2D eigenvalue weighted by Gasteiger charge is 2.19. The summed E-state index contributed by atoms with van der Waals surface area (Å²) in [6, 6.07) is 7.40. The lowest BCUT2D eigenvalue weighted by molar-refractivity contribution is -0.117. The molecule has 0 saturated carbocycles. The Bertz CT molecular complexity index is 413. The van der Waals surface area contributed by atoms with E-state index in [2.05, 4.69) is 10.6 Å². The van der Waals surface area contributed by atoms with Crippen molar-refractivity contribution >= 4 is 11.6 Å². The van der Waals surface area contributed by atoms with Crippen molar-refractivity contribution in [1.29, 1.82) is 0 Å². The average molecular weight is 264 g/mol. The van der Waals surface area contributed by atoms with Gasteiger partial charge < -0.3 is 15.7 Å². The van der Waals surface area contributed by atoms with Gasteiger partial charge in [-0.05, 0) is 26.0 Å². The summed E-state index contributed by atoms with van der Waals surface area (Å²) < 4.78 is 0. The fourth-order valence-corrected chi connectivity index (χ4v) is 1.47. The van der Waals surface area contributed by atoms with E-state index in [0.29, 0.717) is 6.54 Å². The van der Waals surface area contributed by atoms with Crippen LogP contribution >= 0.6 is 0 Å². The second kappa shape index (κ2) is 6.68. The summed E-state index contributed by atoms with van der Waals surface area (Å²) in [7, 11) is 0. The maximum atomic E-state index is 12.0. The van der Waals surface area contributed by atoms with Crippen molar-refractivity contribution < 1.29 is 9.90 Å². The van der Waals surface area contributed by atoms with E-state index >= 15 is 0 Å². The van der Waals surface area contributed by atoms with E-state index in [9.17, 15) is 4.79 Å². The molecule has 3 N–H and O–H groups in total. The molecule has 1 rings (SSSR count). The molecule has 4 nitrogen and oxygen atoms in total. The molecule has 1 aromatic carbocycles. The SMILES string of the molecule is Cc1ccc(NC(=O)[C@H](C)NCC(C)(C)CO)cc1. The Labute approximate surface area is 115 Å². The van der Waals surface area contributed by atoms with Gasteiger partial charge in [-0.3, -0.25) is 4.79 Å². The molecule has 0 aromatic heterocycles. The first kappa shape index (κ1) is 15.7. The number of carbonyl (C=O) groups is 1. The molecule has 1 amide bonds. The Hall–Kier alpha value is -1.39. The van der Waals surface area contributed by atoms with Gasteiger partial charge in [0.15, 0.2) is 0 Å². The van der Waals surface area contributed by atoms with E-state index in [-0.39, 0.29) is 24.0 Å². The third-order valence-electron chi connectivity index (χ3n) is 3.03. The first-order valence-electron chi connectivity index (χ1n) is 6.56. The number of benzene rings is 1. The fourth-order valence-electron chi connectivity index (χ4n) is 1.47. The van der Waals surface area contributed by atoms with E-state index in [0.717, 1.165) is 11.3 Å². The van der Waals surface area contributed by atoms with Gasteiger partial charge in [0.25, 0.3) is 0 Å². The zero-order chi connectivity index (χ0) is 14.5. The van der Waals surface area contributed by atoms with Crippen LogP contribution in [0.4, 0.5) is 5.69 Å². The molecule has 0 radical (unpaired) electrons. The lowest BCUT2D eigenvalue weighted by Gasteiger charge is -2.24. The van der Waals surface area contributed by atoms with Gasteiger partial charge in [0.1, 0.15) is 0 Å². The molecule has 0 aliphatic carbocycles. The molecular weight excluding hydrogens is 240 g/mol. The molecule has 0 heterocycles. The van der Waals surface area contributed by atoms with E-state index in [1.54, 1.807) is 0 Å². The summed E-state index contributed by atoms with van der Waals surface area (Å²) in [5, 5.41) is 15.2. The van der Waals surface area contributed by atoms with Gasteiger partial charge in [0, 0.05) is 24.3 Å². The normalized spacial score (nSPS) is 13.1. The van der Waals surface area contributed by atoms with Crippen molar-refractivity contribution in [3.63, 3.8) is 0 Å². The first-order valence-corrected chi connectivity index (χ1v) is 6.56. The predicted molar refractivity (Wildman–Crippen MR) is 78.1 cm³/mol. The summed E-state index contributed by atoms with van der Waals surface area (Å²) in [6.45, 7) is 8.40. The third-order valence-corrected chi connectivity index (χ3v) is 3.03. The van der Waals surface area contributed by atoms with E-state index in [1.165, 1.54) is 0 Å². The molecule has 0 aliphatic rings. The molecule has 1 aromatic rings. The Balaban J connectivity index is 2.47. The number of aliphatic hydroxyl groups is 1. The first-order chi connectivity index (χ1) is 8.84. The molecule has 106 valence electrons. The topological polar surface area (TPSA) is 61.4 Å². The van der Waals surface area contributed by atoms with Crippen LogP contribution in [0.2, 0.25) is 0 Å². The standard InChI is InChI=1S/C15H24N2O2/c1-11-5-7-13(8-6-11)17-14(19)12(2)16-9-15(3,4)10-18/h5-8,12,16,18H,9-10H2,1-4H3,(H,17,19)/t12-/m0/s1. The van der Waals surface area contributed by atoms with Crippen LogP contribution in [0.15, 0.2) is 24.3 Å². The van der Waals surface area contributed by atoms with E-state index < -0.39 is 0 Å². The van der Waals surface area contributed by atoms with Crippen molar-refractivity contribution in [2.45, 2.75) is 33.7 Å². The molecular formula is C15H24N2O2. The van der Waals surface area contributed by atoms with Crippen LogP contribution < -0.4 is 10.6 Å². The number of aryl methyl sites for hydroxylation is 1. The number of hydrogen-bond acceptors (Lipinski definition) is 3. The van der Waals surface area contributed by atoms with Crippen LogP contribution in [-0.2, 0) is 4.79 Å². The van der Waals surface area contributed by atoms with Gasteiger partial charge in [0.2, 0.25) is 5.91 Å². The number of nitrogens with one attached hydrogen (secondary N) is 2. The molecule has 4 heteroatoms. The van der Waals surface area contributed by atoms with Crippen molar-refractivity contribution in [2.75, 3.05) is 18.5 Å². The minimum atomic E-state index is -0.299. The zero-order valence-corrected chi connectivity index (χ0v) is 12.2. The Morgan fingerprint density at radius 2 is 1.89 bits per heavy atom. The van der Waals surface area contributed by atoms with Gasteiger partial charge in [-0.1, -0.05) is 31.5 Å². The van der Waals surface area contributed by atoms with E-state index in [1.807, 2.05) is 52.0 Å². The van der Waals surface area contributed by atoms with E-state index in [4.69, 9.17) is 5.11 Å². The molecule has 0 unspecified atom stereocenters. The van der Waals surface area contributed by atoms with Crippen LogP contribution in [0, 0.1) is 12.3 Å². The van der Waals surface area contributed by atoms with Crippen molar-refractivity contribution in [1.82, 2.24) is 5.32 Å². The number of amides is 1. The molecule has 19 heavy (non-hydrogen) atoms.